The van der Waals surface area contributed by atoms with Crippen LogP contribution in [0.25, 0.3) is 17.0 Å². The maximum atomic E-state index is 13.7. The van der Waals surface area contributed by atoms with Crippen LogP contribution in [0.15, 0.2) is 48.7 Å². The molecular formula is C20H14Cl2FNO3. The van der Waals surface area contributed by atoms with E-state index in [1.54, 1.807) is 37.4 Å². The Kier molecular flexibility index (Phi) is 5.63. The molecule has 27 heavy (non-hydrogen) atoms. The minimum atomic E-state index is -1.04. The van der Waals surface area contributed by atoms with Gasteiger partial charge in [0.1, 0.15) is 17.7 Å². The van der Waals surface area contributed by atoms with Crippen molar-refractivity contribution >= 4 is 46.2 Å². The number of hydrogen-bond donors (Lipinski definition) is 1. The molecule has 1 aromatic heterocycles. The molecule has 2 aromatic carbocycles. The van der Waals surface area contributed by atoms with Gasteiger partial charge in [-0.2, -0.15) is 0 Å². The van der Waals surface area contributed by atoms with Crippen molar-refractivity contribution in [1.29, 1.82) is 0 Å². The highest BCUT2D eigenvalue weighted by Gasteiger charge is 2.18. The van der Waals surface area contributed by atoms with Crippen LogP contribution in [0.1, 0.15) is 24.2 Å². The lowest BCUT2D eigenvalue weighted by Crippen LogP contribution is -2.05. The van der Waals surface area contributed by atoms with E-state index in [1.807, 2.05) is 0 Å². The number of benzene rings is 2. The van der Waals surface area contributed by atoms with Crippen LogP contribution >= 0.6 is 23.2 Å². The summed E-state index contributed by atoms with van der Waals surface area (Å²) in [7, 11) is 0. The summed E-state index contributed by atoms with van der Waals surface area (Å²) in [4.78, 5) is 14.9. The molecule has 0 aliphatic rings. The largest absolute Gasteiger partial charge is 0.486 e. The Bertz CT molecular complexity index is 1050. The summed E-state index contributed by atoms with van der Waals surface area (Å²) in [5.74, 6) is -1.08. The predicted molar refractivity (Wildman–Crippen MR) is 104 cm³/mol. The first-order valence-corrected chi connectivity index (χ1v) is 8.71. The van der Waals surface area contributed by atoms with Crippen molar-refractivity contribution in [3.63, 3.8) is 0 Å². The maximum absolute atomic E-state index is 13.7. The molecule has 0 saturated carbocycles. The van der Waals surface area contributed by atoms with Gasteiger partial charge < -0.3 is 9.84 Å². The molecule has 3 aromatic rings. The highest BCUT2D eigenvalue weighted by molar-refractivity contribution is 6.36. The molecule has 7 heteroatoms. The summed E-state index contributed by atoms with van der Waals surface area (Å²) in [6, 6.07) is 9.70. The van der Waals surface area contributed by atoms with Gasteiger partial charge in [0.2, 0.25) is 0 Å². The number of fused-ring (bicyclic) bond motifs is 1. The fourth-order valence-corrected chi connectivity index (χ4v) is 3.32. The second-order valence-electron chi connectivity index (χ2n) is 5.81. The Morgan fingerprint density at radius 3 is 2.78 bits per heavy atom. The van der Waals surface area contributed by atoms with Crippen LogP contribution in [-0.4, -0.2) is 16.1 Å². The lowest BCUT2D eigenvalue weighted by atomic mass is 10.1. The summed E-state index contributed by atoms with van der Waals surface area (Å²) < 4.78 is 19.6. The monoisotopic (exact) mass is 405 g/mol. The van der Waals surface area contributed by atoms with E-state index in [4.69, 9.17) is 33.0 Å². The van der Waals surface area contributed by atoms with Crippen molar-refractivity contribution in [2.45, 2.75) is 13.0 Å². The van der Waals surface area contributed by atoms with Crippen LogP contribution in [-0.2, 0) is 4.79 Å². The molecule has 0 unspecified atom stereocenters. The quantitative estimate of drug-likeness (QED) is 0.422. The zero-order chi connectivity index (χ0) is 19.6. The number of carboxylic acid groups (broad SMARTS) is 1. The standard InChI is InChI=1S/C20H14Cl2FNO3/c1-11(19-15(21)4-5-16(23)20(19)22)27-14-3-6-17-13(9-14)8-12(10-24-17)2-7-18(25)26/h2-11H,1H3,(H,25,26)/b7-2+/t11-/m0/s1. The first-order chi connectivity index (χ1) is 12.8. The van der Waals surface area contributed by atoms with Crippen molar-refractivity contribution in [2.75, 3.05) is 0 Å². The van der Waals surface area contributed by atoms with Crippen LogP contribution in [0.2, 0.25) is 10.0 Å². The number of rotatable bonds is 5. The van der Waals surface area contributed by atoms with E-state index in [0.717, 1.165) is 17.0 Å². The minimum Gasteiger partial charge on any atom is -0.486 e. The first-order valence-electron chi connectivity index (χ1n) is 7.96. The Morgan fingerprint density at radius 2 is 2.04 bits per heavy atom. The van der Waals surface area contributed by atoms with Crippen molar-refractivity contribution in [3.8, 4) is 5.75 Å². The van der Waals surface area contributed by atoms with Crippen LogP contribution in [0.3, 0.4) is 0 Å². The Morgan fingerprint density at radius 1 is 1.26 bits per heavy atom. The molecule has 138 valence electrons. The highest BCUT2D eigenvalue weighted by Crippen LogP contribution is 2.35. The molecule has 0 radical (unpaired) electrons. The Balaban J connectivity index is 1.91. The zero-order valence-electron chi connectivity index (χ0n) is 14.1. The summed E-state index contributed by atoms with van der Waals surface area (Å²) in [6.07, 6.45) is 3.49. The molecule has 1 heterocycles. The number of pyridine rings is 1. The van der Waals surface area contributed by atoms with E-state index in [9.17, 15) is 9.18 Å². The Labute approximate surface area is 164 Å². The van der Waals surface area contributed by atoms with E-state index in [0.29, 0.717) is 21.9 Å². The van der Waals surface area contributed by atoms with Crippen molar-refractivity contribution < 1.29 is 19.0 Å². The van der Waals surface area contributed by atoms with E-state index in [1.165, 1.54) is 18.2 Å². The molecule has 1 atom stereocenters. The van der Waals surface area contributed by atoms with Crippen molar-refractivity contribution in [3.05, 3.63) is 75.7 Å². The average molecular weight is 406 g/mol. The molecule has 0 aliphatic heterocycles. The van der Waals surface area contributed by atoms with E-state index in [2.05, 4.69) is 4.98 Å². The van der Waals surface area contributed by atoms with Gasteiger partial charge in [0, 0.05) is 28.2 Å². The van der Waals surface area contributed by atoms with E-state index in [-0.39, 0.29) is 5.02 Å². The van der Waals surface area contributed by atoms with Gasteiger partial charge in [-0.25, -0.2) is 9.18 Å². The predicted octanol–water partition coefficient (Wildman–Crippen LogP) is 5.92. The van der Waals surface area contributed by atoms with Gasteiger partial charge in [0.05, 0.1) is 10.5 Å². The van der Waals surface area contributed by atoms with Gasteiger partial charge in [-0.15, -0.1) is 0 Å². The molecule has 0 amide bonds. The third kappa shape index (κ3) is 4.38. The Hall–Kier alpha value is -2.63. The minimum absolute atomic E-state index is 0.0708. The molecule has 3 rings (SSSR count). The van der Waals surface area contributed by atoms with Gasteiger partial charge >= 0.3 is 5.97 Å². The molecule has 0 fully saturated rings. The molecule has 0 saturated heterocycles. The zero-order valence-corrected chi connectivity index (χ0v) is 15.6. The topological polar surface area (TPSA) is 59.4 Å². The van der Waals surface area contributed by atoms with E-state index < -0.39 is 17.9 Å². The second kappa shape index (κ2) is 7.94. The number of carbonyl (C=O) groups is 1. The van der Waals surface area contributed by atoms with Crippen LogP contribution < -0.4 is 4.74 Å². The number of nitrogens with zero attached hydrogens (tertiary/aromatic N) is 1. The van der Waals surface area contributed by atoms with Crippen molar-refractivity contribution in [1.82, 2.24) is 4.98 Å². The molecule has 0 bridgehead atoms. The summed E-state index contributed by atoms with van der Waals surface area (Å²) in [6.45, 7) is 1.72. The van der Waals surface area contributed by atoms with Crippen molar-refractivity contribution in [2.24, 2.45) is 0 Å². The molecule has 0 spiro atoms. The van der Waals surface area contributed by atoms with Crippen LogP contribution in [0.4, 0.5) is 4.39 Å². The maximum Gasteiger partial charge on any atom is 0.328 e. The summed E-state index contributed by atoms with van der Waals surface area (Å²) >= 11 is 12.2. The van der Waals surface area contributed by atoms with Crippen LogP contribution in [0.5, 0.6) is 5.75 Å². The molecule has 1 N–H and O–H groups in total. The number of carboxylic acids is 1. The van der Waals surface area contributed by atoms with Gasteiger partial charge in [-0.1, -0.05) is 23.2 Å². The molecule has 4 nitrogen and oxygen atoms in total. The summed E-state index contributed by atoms with van der Waals surface area (Å²) in [5, 5.41) is 9.74. The van der Waals surface area contributed by atoms with E-state index >= 15 is 0 Å². The number of ether oxygens (including phenoxy) is 1. The van der Waals surface area contributed by atoms with Gasteiger partial charge in [-0.05, 0) is 55.0 Å². The number of aliphatic carboxylic acids is 1. The first kappa shape index (κ1) is 19.1. The van der Waals surface area contributed by atoms with Gasteiger partial charge in [0.15, 0.2) is 0 Å². The van der Waals surface area contributed by atoms with Crippen LogP contribution in [0, 0.1) is 5.82 Å². The number of aromatic nitrogens is 1. The third-order valence-electron chi connectivity index (χ3n) is 3.89. The lowest BCUT2D eigenvalue weighted by molar-refractivity contribution is -0.131. The van der Waals surface area contributed by atoms with Gasteiger partial charge in [-0.3, -0.25) is 4.98 Å². The third-order valence-corrected chi connectivity index (χ3v) is 4.60. The fourth-order valence-electron chi connectivity index (χ4n) is 2.64. The SMILES string of the molecule is C[C@H](Oc1ccc2ncc(/C=C/C(=O)O)cc2c1)c1c(Cl)ccc(F)c1Cl. The number of halogens is 3. The highest BCUT2D eigenvalue weighted by atomic mass is 35.5. The average Bonchev–Trinajstić information content (AvgIpc) is 2.63. The normalized spacial score (nSPS) is 12.4. The lowest BCUT2D eigenvalue weighted by Gasteiger charge is -2.18. The second-order valence-corrected chi connectivity index (χ2v) is 6.60. The number of hydrogen-bond acceptors (Lipinski definition) is 3. The molecule has 0 aliphatic carbocycles. The summed E-state index contributed by atoms with van der Waals surface area (Å²) in [5.41, 5.74) is 1.74. The smallest absolute Gasteiger partial charge is 0.328 e. The molecular weight excluding hydrogens is 392 g/mol. The fraction of sp³-hybridized carbons (Fsp3) is 0.100. The van der Waals surface area contributed by atoms with Gasteiger partial charge in [0.25, 0.3) is 0 Å².